The predicted molar refractivity (Wildman–Crippen MR) is 81.1 cm³/mol. The summed E-state index contributed by atoms with van der Waals surface area (Å²) in [6.07, 6.45) is 0.349. The number of hydrogen-bond donors (Lipinski definition) is 1. The molecule has 1 N–H and O–H groups in total. The molecule has 1 saturated heterocycles. The van der Waals surface area contributed by atoms with E-state index in [-0.39, 0.29) is 0 Å². The van der Waals surface area contributed by atoms with E-state index in [0.29, 0.717) is 0 Å². The maximum atomic E-state index is 10.2. The van der Waals surface area contributed by atoms with Gasteiger partial charge in [0.15, 0.2) is 0 Å². The van der Waals surface area contributed by atoms with E-state index in [1.165, 1.54) is 11.1 Å². The van der Waals surface area contributed by atoms with E-state index >= 15 is 0 Å². The minimum absolute atomic E-state index is 0.429. The lowest BCUT2D eigenvalue weighted by Gasteiger charge is -2.32. The number of aliphatic hydroxyl groups is 1. The molecule has 0 aromatic heterocycles. The first-order valence-electron chi connectivity index (χ1n) is 7.07. The Morgan fingerprint density at radius 3 is 2.45 bits per heavy atom. The van der Waals surface area contributed by atoms with Gasteiger partial charge in [-0.15, -0.1) is 0 Å². The summed E-state index contributed by atoms with van der Waals surface area (Å²) in [5.74, 6) is 0. The summed E-state index contributed by atoms with van der Waals surface area (Å²) in [5.41, 5.74) is 3.55. The van der Waals surface area contributed by atoms with Gasteiger partial charge in [-0.25, -0.2) is 5.01 Å². The summed E-state index contributed by atoms with van der Waals surface area (Å²) in [5, 5.41) is 14.5. The zero-order valence-electron chi connectivity index (χ0n) is 11.7. The second kappa shape index (κ2) is 5.65. The Morgan fingerprint density at radius 1 is 1.05 bits per heavy atom. The van der Waals surface area contributed by atoms with Gasteiger partial charge in [0.25, 0.3) is 0 Å². The first-order chi connectivity index (χ1) is 9.74. The fraction of sp³-hybridized carbons (Fsp3) is 0.294. The maximum Gasteiger partial charge on any atom is 0.142 e. The van der Waals surface area contributed by atoms with Crippen molar-refractivity contribution < 1.29 is 5.11 Å². The highest BCUT2D eigenvalue weighted by atomic mass is 16.3. The van der Waals surface area contributed by atoms with E-state index in [1.807, 2.05) is 11.1 Å². The molecule has 3 nitrogen and oxygen atoms in total. The van der Waals surface area contributed by atoms with Crippen LogP contribution in [-0.4, -0.2) is 22.9 Å². The predicted octanol–water partition coefficient (Wildman–Crippen LogP) is 2.94. The first kappa shape index (κ1) is 13.2. The summed E-state index contributed by atoms with van der Waals surface area (Å²) in [7, 11) is 0. The molecule has 20 heavy (non-hydrogen) atoms. The number of aryl methyl sites for hydroxylation is 1. The van der Waals surface area contributed by atoms with Crippen molar-refractivity contribution in [1.29, 1.82) is 0 Å². The van der Waals surface area contributed by atoms with Crippen LogP contribution in [-0.2, 0) is 6.54 Å². The Morgan fingerprint density at radius 2 is 1.75 bits per heavy atom. The zero-order valence-corrected chi connectivity index (χ0v) is 11.7. The highest BCUT2D eigenvalue weighted by Crippen LogP contribution is 2.27. The molecule has 2 aromatic rings. The van der Waals surface area contributed by atoms with E-state index in [0.717, 1.165) is 25.2 Å². The number of hydrazine groups is 1. The number of anilines is 1. The Hall–Kier alpha value is -1.84. The average Bonchev–Trinajstić information content (AvgIpc) is 2.82. The molecule has 0 saturated carbocycles. The van der Waals surface area contributed by atoms with Crippen LogP contribution in [0.3, 0.4) is 0 Å². The van der Waals surface area contributed by atoms with Crippen molar-refractivity contribution in [3.8, 4) is 0 Å². The van der Waals surface area contributed by atoms with Gasteiger partial charge in [0, 0.05) is 19.5 Å². The lowest BCUT2D eigenvalue weighted by Crippen LogP contribution is -2.40. The van der Waals surface area contributed by atoms with Crippen LogP contribution < -0.4 is 5.01 Å². The van der Waals surface area contributed by atoms with Crippen LogP contribution in [0.25, 0.3) is 0 Å². The molecule has 0 spiro atoms. The van der Waals surface area contributed by atoms with Gasteiger partial charge in [0.2, 0.25) is 0 Å². The maximum absolute atomic E-state index is 10.2. The smallest absolute Gasteiger partial charge is 0.142 e. The number of nitrogens with zero attached hydrogens (tertiary/aromatic N) is 2. The minimum atomic E-state index is -0.429. The lowest BCUT2D eigenvalue weighted by atomic mass is 10.2. The Bertz CT molecular complexity index is 553. The summed E-state index contributed by atoms with van der Waals surface area (Å²) in [6.45, 7) is 3.78. The zero-order chi connectivity index (χ0) is 13.9. The van der Waals surface area contributed by atoms with Crippen molar-refractivity contribution in [3.05, 3.63) is 65.7 Å². The van der Waals surface area contributed by atoms with Gasteiger partial charge < -0.3 is 5.11 Å². The van der Waals surface area contributed by atoms with Crippen LogP contribution in [0, 0.1) is 6.92 Å². The van der Waals surface area contributed by atoms with E-state index in [4.69, 9.17) is 0 Å². The molecule has 3 rings (SSSR count). The second-order valence-corrected chi connectivity index (χ2v) is 5.32. The van der Waals surface area contributed by atoms with Crippen LogP contribution in [0.15, 0.2) is 54.6 Å². The highest BCUT2D eigenvalue weighted by Gasteiger charge is 2.30. The number of rotatable bonds is 3. The number of aliphatic hydroxyl groups excluding tert-OH is 1. The van der Waals surface area contributed by atoms with Gasteiger partial charge in [-0.05, 0) is 24.6 Å². The Kier molecular flexibility index (Phi) is 3.72. The first-order valence-corrected chi connectivity index (χ1v) is 7.07. The third-order valence-electron chi connectivity index (χ3n) is 3.74. The topological polar surface area (TPSA) is 26.7 Å². The van der Waals surface area contributed by atoms with Gasteiger partial charge in [0.05, 0.1) is 5.69 Å². The van der Waals surface area contributed by atoms with Gasteiger partial charge >= 0.3 is 0 Å². The number of benzene rings is 2. The van der Waals surface area contributed by atoms with Gasteiger partial charge in [-0.2, -0.15) is 0 Å². The molecule has 2 aromatic carbocycles. The molecular formula is C17H20N2O. The van der Waals surface area contributed by atoms with Crippen molar-refractivity contribution in [3.63, 3.8) is 0 Å². The summed E-state index contributed by atoms with van der Waals surface area (Å²) in [4.78, 5) is 0. The molecule has 0 radical (unpaired) electrons. The summed E-state index contributed by atoms with van der Waals surface area (Å²) in [6, 6.07) is 18.7. The Balaban J connectivity index is 1.81. The van der Waals surface area contributed by atoms with Crippen LogP contribution in [0.1, 0.15) is 17.5 Å². The van der Waals surface area contributed by atoms with Gasteiger partial charge in [-0.1, -0.05) is 48.0 Å². The van der Waals surface area contributed by atoms with Crippen LogP contribution in [0.5, 0.6) is 0 Å². The largest absolute Gasteiger partial charge is 0.372 e. The Labute approximate surface area is 120 Å². The van der Waals surface area contributed by atoms with Crippen molar-refractivity contribution >= 4 is 5.69 Å². The van der Waals surface area contributed by atoms with Crippen molar-refractivity contribution in [2.24, 2.45) is 0 Å². The quantitative estimate of drug-likeness (QED) is 0.927. The van der Waals surface area contributed by atoms with Crippen LogP contribution >= 0.6 is 0 Å². The normalized spacial score (nSPS) is 19.5. The van der Waals surface area contributed by atoms with Crippen molar-refractivity contribution in [2.75, 3.05) is 11.6 Å². The molecule has 104 valence electrons. The fourth-order valence-electron chi connectivity index (χ4n) is 2.67. The third kappa shape index (κ3) is 2.69. The molecule has 1 heterocycles. The monoisotopic (exact) mass is 268 g/mol. The molecule has 1 unspecified atom stereocenters. The van der Waals surface area contributed by atoms with E-state index < -0.39 is 6.23 Å². The third-order valence-corrected chi connectivity index (χ3v) is 3.74. The fourth-order valence-corrected chi connectivity index (χ4v) is 2.67. The lowest BCUT2D eigenvalue weighted by molar-refractivity contribution is 0.152. The molecule has 1 aliphatic heterocycles. The SMILES string of the molecule is Cc1ccc(N2C(O)CCN2Cc2ccccc2)cc1. The minimum Gasteiger partial charge on any atom is -0.372 e. The molecule has 0 amide bonds. The van der Waals surface area contributed by atoms with E-state index in [1.54, 1.807) is 0 Å². The molecular weight excluding hydrogens is 248 g/mol. The van der Waals surface area contributed by atoms with Gasteiger partial charge in [-0.3, -0.25) is 5.01 Å². The summed E-state index contributed by atoms with van der Waals surface area (Å²) < 4.78 is 0. The van der Waals surface area contributed by atoms with Crippen molar-refractivity contribution in [1.82, 2.24) is 5.01 Å². The highest BCUT2D eigenvalue weighted by molar-refractivity contribution is 5.47. The van der Waals surface area contributed by atoms with Crippen LogP contribution in [0.4, 0.5) is 5.69 Å². The molecule has 3 heteroatoms. The second-order valence-electron chi connectivity index (χ2n) is 5.32. The number of hydrogen-bond acceptors (Lipinski definition) is 3. The van der Waals surface area contributed by atoms with E-state index in [9.17, 15) is 5.11 Å². The molecule has 1 fully saturated rings. The average molecular weight is 268 g/mol. The molecule has 0 aliphatic carbocycles. The molecule has 1 atom stereocenters. The van der Waals surface area contributed by atoms with Crippen molar-refractivity contribution in [2.45, 2.75) is 26.1 Å². The molecule has 0 bridgehead atoms. The summed E-state index contributed by atoms with van der Waals surface area (Å²) >= 11 is 0. The standard InChI is InChI=1S/C17H20N2O/c1-14-7-9-16(10-8-14)19-17(20)11-12-18(19)13-15-5-3-2-4-6-15/h2-10,17,20H,11-13H2,1H3. The molecule has 1 aliphatic rings. The van der Waals surface area contributed by atoms with Crippen LogP contribution in [0.2, 0.25) is 0 Å². The van der Waals surface area contributed by atoms with E-state index in [2.05, 4.69) is 60.5 Å². The van der Waals surface area contributed by atoms with Gasteiger partial charge in [0.1, 0.15) is 6.23 Å².